The van der Waals surface area contributed by atoms with Crippen molar-refractivity contribution >= 4 is 6.09 Å². The zero-order chi connectivity index (χ0) is 10.7. The van der Waals surface area contributed by atoms with Gasteiger partial charge in [0, 0.05) is 20.1 Å². The van der Waals surface area contributed by atoms with Gasteiger partial charge in [-0.1, -0.05) is 0 Å². The molecule has 1 aromatic rings. The highest BCUT2D eigenvalue weighted by atomic mass is 16.6. The van der Waals surface area contributed by atoms with Crippen molar-refractivity contribution in [3.63, 3.8) is 0 Å². The van der Waals surface area contributed by atoms with Crippen molar-refractivity contribution in [3.8, 4) is 5.75 Å². The summed E-state index contributed by atoms with van der Waals surface area (Å²) in [7, 11) is 3.27. The van der Waals surface area contributed by atoms with Crippen LogP contribution in [0, 0.1) is 0 Å². The minimum atomic E-state index is -0.395. The summed E-state index contributed by atoms with van der Waals surface area (Å²) in [6.07, 6.45) is 2.83. The second-order valence-corrected chi connectivity index (χ2v) is 3.51. The molecule has 0 atom stereocenters. The average Bonchev–Trinajstić information content (AvgIpc) is 2.52. The van der Waals surface area contributed by atoms with Crippen molar-refractivity contribution in [1.82, 2.24) is 14.7 Å². The fourth-order valence-corrected chi connectivity index (χ4v) is 0.848. The Morgan fingerprint density at radius 2 is 2.21 bits per heavy atom. The van der Waals surface area contributed by atoms with E-state index in [1.165, 1.54) is 11.1 Å². The summed E-state index contributed by atoms with van der Waals surface area (Å²) in [6.45, 7) is 4.01. The van der Waals surface area contributed by atoms with Crippen molar-refractivity contribution in [2.24, 2.45) is 0 Å². The highest BCUT2D eigenvalue weighted by molar-refractivity contribution is 5.69. The first kappa shape index (κ1) is 10.6. The summed E-state index contributed by atoms with van der Waals surface area (Å²) in [4.78, 5) is 12.5. The molecule has 78 valence electrons. The van der Waals surface area contributed by atoms with Crippen molar-refractivity contribution in [2.75, 3.05) is 14.1 Å². The minimum Gasteiger partial charge on any atom is -0.407 e. The van der Waals surface area contributed by atoms with Gasteiger partial charge in [0.05, 0.1) is 12.4 Å². The van der Waals surface area contributed by atoms with E-state index in [9.17, 15) is 4.79 Å². The second-order valence-electron chi connectivity index (χ2n) is 3.51. The van der Waals surface area contributed by atoms with Crippen LogP contribution in [-0.2, 0) is 0 Å². The SMILES string of the molecule is CC(C)n1cc(OC(=O)N(C)C)cn1. The Morgan fingerprint density at radius 3 is 2.64 bits per heavy atom. The summed E-state index contributed by atoms with van der Waals surface area (Å²) >= 11 is 0. The number of amides is 1. The van der Waals surface area contributed by atoms with Gasteiger partial charge >= 0.3 is 6.09 Å². The molecule has 14 heavy (non-hydrogen) atoms. The van der Waals surface area contributed by atoms with E-state index in [1.807, 2.05) is 13.8 Å². The molecule has 5 nitrogen and oxygen atoms in total. The second kappa shape index (κ2) is 4.13. The molecule has 0 fully saturated rings. The number of ether oxygens (including phenoxy) is 1. The van der Waals surface area contributed by atoms with Gasteiger partial charge in [-0.15, -0.1) is 0 Å². The first-order chi connectivity index (χ1) is 6.50. The molecule has 0 saturated carbocycles. The number of aromatic nitrogens is 2. The Labute approximate surface area is 83.3 Å². The molecule has 0 aliphatic carbocycles. The summed E-state index contributed by atoms with van der Waals surface area (Å²) in [6, 6.07) is 0.266. The molecule has 0 bridgehead atoms. The molecule has 1 heterocycles. The van der Waals surface area contributed by atoms with E-state index in [2.05, 4.69) is 5.10 Å². The largest absolute Gasteiger partial charge is 0.414 e. The highest BCUT2D eigenvalue weighted by Gasteiger charge is 2.09. The molecule has 0 radical (unpaired) electrons. The summed E-state index contributed by atoms with van der Waals surface area (Å²) in [5, 5.41) is 4.05. The molecule has 0 aliphatic rings. The Bertz CT molecular complexity index is 318. The molecule has 0 spiro atoms. The summed E-state index contributed by atoms with van der Waals surface area (Å²) in [5.41, 5.74) is 0. The Hall–Kier alpha value is -1.52. The van der Waals surface area contributed by atoms with E-state index in [1.54, 1.807) is 25.0 Å². The van der Waals surface area contributed by atoms with Gasteiger partial charge in [0.25, 0.3) is 0 Å². The Balaban J connectivity index is 2.64. The van der Waals surface area contributed by atoms with Gasteiger partial charge in [-0.05, 0) is 13.8 Å². The van der Waals surface area contributed by atoms with Gasteiger partial charge in [-0.2, -0.15) is 5.10 Å². The minimum absolute atomic E-state index is 0.266. The summed E-state index contributed by atoms with van der Waals surface area (Å²) < 4.78 is 6.74. The lowest BCUT2D eigenvalue weighted by Gasteiger charge is -2.08. The van der Waals surface area contributed by atoms with E-state index < -0.39 is 6.09 Å². The van der Waals surface area contributed by atoms with Crippen LogP contribution in [0.15, 0.2) is 12.4 Å². The molecule has 0 unspecified atom stereocenters. The van der Waals surface area contributed by atoms with Crippen molar-refractivity contribution < 1.29 is 9.53 Å². The van der Waals surface area contributed by atoms with Crippen molar-refractivity contribution in [3.05, 3.63) is 12.4 Å². The van der Waals surface area contributed by atoms with Crippen LogP contribution >= 0.6 is 0 Å². The van der Waals surface area contributed by atoms with E-state index >= 15 is 0 Å². The zero-order valence-corrected chi connectivity index (χ0v) is 8.89. The predicted molar refractivity (Wildman–Crippen MR) is 52.3 cm³/mol. The number of rotatable bonds is 2. The quantitative estimate of drug-likeness (QED) is 0.722. The third-order valence-electron chi connectivity index (χ3n) is 1.68. The third kappa shape index (κ3) is 2.48. The van der Waals surface area contributed by atoms with Crippen LogP contribution in [0.3, 0.4) is 0 Å². The van der Waals surface area contributed by atoms with E-state index in [0.717, 1.165) is 0 Å². The van der Waals surface area contributed by atoms with Gasteiger partial charge in [0.1, 0.15) is 0 Å². The molecular weight excluding hydrogens is 182 g/mol. The van der Waals surface area contributed by atoms with Crippen molar-refractivity contribution in [2.45, 2.75) is 19.9 Å². The smallest absolute Gasteiger partial charge is 0.407 e. The maximum atomic E-state index is 11.2. The van der Waals surface area contributed by atoms with E-state index in [4.69, 9.17) is 4.74 Å². The molecule has 1 aromatic heterocycles. The standard InChI is InChI=1S/C9H15N3O2/c1-7(2)12-6-8(5-10-12)14-9(13)11(3)4/h5-7H,1-4H3. The van der Waals surface area contributed by atoms with Crippen molar-refractivity contribution in [1.29, 1.82) is 0 Å². The molecule has 1 rings (SSSR count). The molecule has 1 amide bonds. The van der Waals surface area contributed by atoms with Crippen LogP contribution in [0.25, 0.3) is 0 Å². The molecule has 5 heteroatoms. The van der Waals surface area contributed by atoms with Gasteiger partial charge in [-0.3, -0.25) is 4.68 Å². The van der Waals surface area contributed by atoms with Gasteiger partial charge in [0.15, 0.2) is 5.75 Å². The van der Waals surface area contributed by atoms with E-state index in [0.29, 0.717) is 5.75 Å². The Morgan fingerprint density at radius 1 is 1.57 bits per heavy atom. The maximum absolute atomic E-state index is 11.2. The first-order valence-corrected chi connectivity index (χ1v) is 4.44. The zero-order valence-electron chi connectivity index (χ0n) is 8.89. The maximum Gasteiger partial charge on any atom is 0.414 e. The Kier molecular flexibility index (Phi) is 3.11. The molecule has 0 saturated heterocycles. The number of carbonyl (C=O) groups excluding carboxylic acids is 1. The molecular formula is C9H15N3O2. The fourth-order valence-electron chi connectivity index (χ4n) is 0.848. The molecule has 0 aliphatic heterocycles. The first-order valence-electron chi connectivity index (χ1n) is 4.44. The van der Waals surface area contributed by atoms with Gasteiger partial charge in [-0.25, -0.2) is 4.79 Å². The van der Waals surface area contributed by atoms with Crippen LogP contribution < -0.4 is 4.74 Å². The lowest BCUT2D eigenvalue weighted by atomic mass is 10.4. The van der Waals surface area contributed by atoms with E-state index in [-0.39, 0.29) is 6.04 Å². The third-order valence-corrected chi connectivity index (χ3v) is 1.68. The number of nitrogens with zero attached hydrogens (tertiary/aromatic N) is 3. The molecule has 0 N–H and O–H groups in total. The number of hydrogen-bond donors (Lipinski definition) is 0. The average molecular weight is 197 g/mol. The topological polar surface area (TPSA) is 47.4 Å². The summed E-state index contributed by atoms with van der Waals surface area (Å²) in [5.74, 6) is 0.470. The monoisotopic (exact) mass is 197 g/mol. The normalized spacial score (nSPS) is 10.4. The van der Waals surface area contributed by atoms with Gasteiger partial charge in [0.2, 0.25) is 0 Å². The van der Waals surface area contributed by atoms with Gasteiger partial charge < -0.3 is 9.64 Å². The molecule has 0 aromatic carbocycles. The fraction of sp³-hybridized carbons (Fsp3) is 0.556. The lowest BCUT2D eigenvalue weighted by molar-refractivity contribution is 0.172. The van der Waals surface area contributed by atoms with Crippen LogP contribution in [0.5, 0.6) is 5.75 Å². The number of hydrogen-bond acceptors (Lipinski definition) is 3. The lowest BCUT2D eigenvalue weighted by Crippen LogP contribution is -2.25. The van der Waals surface area contributed by atoms with Crippen LogP contribution in [0.4, 0.5) is 4.79 Å². The number of carbonyl (C=O) groups is 1. The van der Waals surface area contributed by atoms with Crippen LogP contribution in [0.1, 0.15) is 19.9 Å². The van der Waals surface area contributed by atoms with Crippen LogP contribution in [0.2, 0.25) is 0 Å². The highest BCUT2D eigenvalue weighted by Crippen LogP contribution is 2.12. The van der Waals surface area contributed by atoms with Crippen LogP contribution in [-0.4, -0.2) is 34.9 Å². The predicted octanol–water partition coefficient (Wildman–Crippen LogP) is 1.52.